The molecular formula is C14H22ClNO3S. The number of hydrogen-bond donors (Lipinski definition) is 1. The van der Waals surface area contributed by atoms with Gasteiger partial charge in [-0.2, -0.15) is 0 Å². The van der Waals surface area contributed by atoms with Crippen molar-refractivity contribution in [2.24, 2.45) is 0 Å². The molecule has 0 aliphatic carbocycles. The number of sulfonamides is 1. The van der Waals surface area contributed by atoms with Gasteiger partial charge in [0.25, 0.3) is 0 Å². The quantitative estimate of drug-likeness (QED) is 0.749. The van der Waals surface area contributed by atoms with E-state index in [0.29, 0.717) is 12.3 Å². The molecular weight excluding hydrogens is 298 g/mol. The standard InChI is InChI=1S/C14H22ClNO3S/c1-11(2)19-14-7-4-6-13(10-14)12(3)16-20(17,18)9-5-8-15/h4,6-7,10-12,16H,5,8-9H2,1-3H3. The molecule has 0 aliphatic heterocycles. The molecule has 0 aliphatic rings. The van der Waals surface area contributed by atoms with Gasteiger partial charge >= 0.3 is 0 Å². The Kier molecular flexibility index (Phi) is 6.79. The van der Waals surface area contributed by atoms with Crippen molar-refractivity contribution in [2.45, 2.75) is 39.3 Å². The smallest absolute Gasteiger partial charge is 0.212 e. The largest absolute Gasteiger partial charge is 0.491 e. The van der Waals surface area contributed by atoms with Gasteiger partial charge in [-0.3, -0.25) is 0 Å². The molecule has 1 atom stereocenters. The first kappa shape index (κ1) is 17.3. The van der Waals surface area contributed by atoms with E-state index in [4.69, 9.17) is 16.3 Å². The van der Waals surface area contributed by atoms with Crippen LogP contribution in [0.4, 0.5) is 0 Å². The van der Waals surface area contributed by atoms with Gasteiger partial charge in [-0.15, -0.1) is 11.6 Å². The van der Waals surface area contributed by atoms with E-state index in [1.807, 2.05) is 45.0 Å². The number of ether oxygens (including phenoxy) is 1. The van der Waals surface area contributed by atoms with E-state index in [9.17, 15) is 8.42 Å². The Morgan fingerprint density at radius 2 is 2.00 bits per heavy atom. The average Bonchev–Trinajstić information content (AvgIpc) is 2.35. The predicted molar refractivity (Wildman–Crippen MR) is 82.9 cm³/mol. The molecule has 0 heterocycles. The van der Waals surface area contributed by atoms with Crippen molar-refractivity contribution >= 4 is 21.6 Å². The molecule has 6 heteroatoms. The molecule has 114 valence electrons. The van der Waals surface area contributed by atoms with E-state index >= 15 is 0 Å². The highest BCUT2D eigenvalue weighted by Gasteiger charge is 2.15. The summed E-state index contributed by atoms with van der Waals surface area (Å²) >= 11 is 5.52. The lowest BCUT2D eigenvalue weighted by atomic mass is 10.1. The van der Waals surface area contributed by atoms with Gasteiger partial charge in [-0.05, 0) is 44.9 Å². The van der Waals surface area contributed by atoms with Gasteiger partial charge in [0.15, 0.2) is 0 Å². The Balaban J connectivity index is 2.74. The Morgan fingerprint density at radius 1 is 1.30 bits per heavy atom. The monoisotopic (exact) mass is 319 g/mol. The first-order valence-corrected chi connectivity index (χ1v) is 8.85. The van der Waals surface area contributed by atoms with Crippen LogP contribution in [0.1, 0.15) is 38.8 Å². The number of alkyl halides is 1. The summed E-state index contributed by atoms with van der Waals surface area (Å²) in [6.45, 7) is 5.71. The molecule has 1 aromatic rings. The maximum atomic E-state index is 11.8. The van der Waals surface area contributed by atoms with Crippen molar-refractivity contribution in [1.29, 1.82) is 0 Å². The average molecular weight is 320 g/mol. The van der Waals surface area contributed by atoms with Crippen molar-refractivity contribution in [3.05, 3.63) is 29.8 Å². The second-order valence-electron chi connectivity index (χ2n) is 4.94. The van der Waals surface area contributed by atoms with E-state index in [-0.39, 0.29) is 17.9 Å². The number of halogens is 1. The van der Waals surface area contributed by atoms with E-state index in [1.165, 1.54) is 0 Å². The molecule has 4 nitrogen and oxygen atoms in total. The molecule has 0 radical (unpaired) electrons. The molecule has 0 bridgehead atoms. The van der Waals surface area contributed by atoms with Crippen LogP contribution in [0.2, 0.25) is 0 Å². The predicted octanol–water partition coefficient (Wildman–Crippen LogP) is 3.08. The van der Waals surface area contributed by atoms with Crippen molar-refractivity contribution in [3.63, 3.8) is 0 Å². The van der Waals surface area contributed by atoms with Crippen LogP contribution in [0, 0.1) is 0 Å². The first-order chi connectivity index (χ1) is 9.34. The summed E-state index contributed by atoms with van der Waals surface area (Å²) in [5, 5.41) is 0. The summed E-state index contributed by atoms with van der Waals surface area (Å²) in [5.41, 5.74) is 0.873. The third kappa shape index (κ3) is 6.11. The summed E-state index contributed by atoms with van der Waals surface area (Å²) in [7, 11) is -3.30. The summed E-state index contributed by atoms with van der Waals surface area (Å²) in [6.07, 6.45) is 0.529. The number of hydrogen-bond acceptors (Lipinski definition) is 3. The molecule has 0 saturated heterocycles. The van der Waals surface area contributed by atoms with Gasteiger partial charge in [-0.25, -0.2) is 13.1 Å². The van der Waals surface area contributed by atoms with Crippen LogP contribution in [0.25, 0.3) is 0 Å². The lowest BCUT2D eigenvalue weighted by Gasteiger charge is -2.16. The minimum Gasteiger partial charge on any atom is -0.491 e. The molecule has 1 aromatic carbocycles. The minimum atomic E-state index is -3.30. The van der Waals surface area contributed by atoms with Crippen LogP contribution >= 0.6 is 11.6 Å². The highest BCUT2D eigenvalue weighted by atomic mass is 35.5. The Morgan fingerprint density at radius 3 is 2.60 bits per heavy atom. The molecule has 0 spiro atoms. The van der Waals surface area contributed by atoms with Crippen LogP contribution < -0.4 is 9.46 Å². The Labute approximate surface area is 126 Å². The van der Waals surface area contributed by atoms with E-state index in [1.54, 1.807) is 0 Å². The van der Waals surface area contributed by atoms with E-state index in [2.05, 4.69) is 4.72 Å². The van der Waals surface area contributed by atoms with Crippen LogP contribution in [0.3, 0.4) is 0 Å². The molecule has 1 N–H and O–H groups in total. The summed E-state index contributed by atoms with van der Waals surface area (Å²) in [6, 6.07) is 7.15. The SMILES string of the molecule is CC(C)Oc1cccc(C(C)NS(=O)(=O)CCCCl)c1. The van der Waals surface area contributed by atoms with E-state index in [0.717, 1.165) is 11.3 Å². The first-order valence-electron chi connectivity index (χ1n) is 6.66. The highest BCUT2D eigenvalue weighted by Crippen LogP contribution is 2.20. The normalized spacial score (nSPS) is 13.4. The molecule has 0 saturated carbocycles. The van der Waals surface area contributed by atoms with Gasteiger partial charge < -0.3 is 4.74 Å². The fourth-order valence-corrected chi connectivity index (χ4v) is 3.38. The van der Waals surface area contributed by atoms with Crippen LogP contribution in [0.5, 0.6) is 5.75 Å². The van der Waals surface area contributed by atoms with Gasteiger partial charge in [0, 0.05) is 11.9 Å². The minimum absolute atomic E-state index is 0.0447. The van der Waals surface area contributed by atoms with Crippen LogP contribution in [-0.4, -0.2) is 26.2 Å². The molecule has 1 unspecified atom stereocenters. The zero-order valence-electron chi connectivity index (χ0n) is 12.1. The van der Waals surface area contributed by atoms with Crippen molar-refractivity contribution < 1.29 is 13.2 Å². The summed E-state index contributed by atoms with van der Waals surface area (Å²) in [4.78, 5) is 0. The maximum absolute atomic E-state index is 11.8. The lowest BCUT2D eigenvalue weighted by molar-refractivity contribution is 0.242. The third-order valence-electron chi connectivity index (χ3n) is 2.63. The number of rotatable bonds is 8. The topological polar surface area (TPSA) is 55.4 Å². The Hall–Kier alpha value is -0.780. The Bertz CT molecular complexity index is 517. The number of benzene rings is 1. The molecule has 0 amide bonds. The lowest BCUT2D eigenvalue weighted by Crippen LogP contribution is -2.29. The molecule has 20 heavy (non-hydrogen) atoms. The second kappa shape index (κ2) is 7.86. The zero-order chi connectivity index (χ0) is 15.2. The fourth-order valence-electron chi connectivity index (χ4n) is 1.77. The second-order valence-corrected chi connectivity index (χ2v) is 7.19. The van der Waals surface area contributed by atoms with Crippen LogP contribution in [-0.2, 0) is 10.0 Å². The van der Waals surface area contributed by atoms with Gasteiger partial charge in [0.05, 0.1) is 11.9 Å². The van der Waals surface area contributed by atoms with Crippen molar-refractivity contribution in [3.8, 4) is 5.75 Å². The fraction of sp³-hybridized carbons (Fsp3) is 0.571. The zero-order valence-corrected chi connectivity index (χ0v) is 13.7. The number of nitrogens with one attached hydrogen (secondary N) is 1. The molecule has 0 fully saturated rings. The van der Waals surface area contributed by atoms with Crippen LogP contribution in [0.15, 0.2) is 24.3 Å². The maximum Gasteiger partial charge on any atom is 0.212 e. The molecule has 1 rings (SSSR count). The molecule has 0 aromatic heterocycles. The van der Waals surface area contributed by atoms with Crippen molar-refractivity contribution in [2.75, 3.05) is 11.6 Å². The van der Waals surface area contributed by atoms with E-state index < -0.39 is 10.0 Å². The van der Waals surface area contributed by atoms with Gasteiger partial charge in [0.1, 0.15) is 5.75 Å². The third-order valence-corrected chi connectivity index (χ3v) is 4.44. The summed E-state index contributed by atoms with van der Waals surface area (Å²) in [5.74, 6) is 1.13. The van der Waals surface area contributed by atoms with Crippen molar-refractivity contribution in [1.82, 2.24) is 4.72 Å². The highest BCUT2D eigenvalue weighted by molar-refractivity contribution is 7.89. The summed E-state index contributed by atoms with van der Waals surface area (Å²) < 4.78 is 31.9. The van der Waals surface area contributed by atoms with Gasteiger partial charge in [0.2, 0.25) is 10.0 Å². The van der Waals surface area contributed by atoms with Gasteiger partial charge in [-0.1, -0.05) is 12.1 Å².